The first-order valence-electron chi connectivity index (χ1n) is 6.12. The monoisotopic (exact) mass is 250 g/mol. The average molecular weight is 250 g/mol. The molecule has 0 amide bonds. The summed E-state index contributed by atoms with van der Waals surface area (Å²) in [6, 6.07) is 5.99. The van der Waals surface area contributed by atoms with Crippen LogP contribution in [0, 0.1) is 6.92 Å². The van der Waals surface area contributed by atoms with E-state index in [-0.39, 0.29) is 0 Å². The van der Waals surface area contributed by atoms with Crippen LogP contribution in [0.25, 0.3) is 0 Å². The molecule has 0 saturated heterocycles. The van der Waals surface area contributed by atoms with Gasteiger partial charge in [-0.1, -0.05) is 6.07 Å². The number of hydrogen-bond donors (Lipinski definition) is 2. The van der Waals surface area contributed by atoms with Gasteiger partial charge < -0.3 is 15.4 Å². The number of ether oxygens (including phenoxy) is 1. The lowest BCUT2D eigenvalue weighted by atomic mass is 10.3. The molecule has 1 aromatic heterocycles. The molecule has 100 valence electrons. The van der Waals surface area contributed by atoms with E-state index in [4.69, 9.17) is 4.74 Å². The fraction of sp³-hybridized carbons (Fsp3) is 0.538. The maximum absolute atomic E-state index is 4.99. The second kappa shape index (κ2) is 8.47. The lowest BCUT2D eigenvalue weighted by Crippen LogP contribution is -2.37. The Hall–Kier alpha value is -1.62. The van der Waals surface area contributed by atoms with Crippen molar-refractivity contribution >= 4 is 5.96 Å². The molecule has 0 aromatic carbocycles. The molecular formula is C13H22N4O. The van der Waals surface area contributed by atoms with E-state index in [0.717, 1.165) is 36.9 Å². The molecule has 0 bridgehead atoms. The minimum absolute atomic E-state index is 0.672. The smallest absolute Gasteiger partial charge is 0.191 e. The van der Waals surface area contributed by atoms with Crippen molar-refractivity contribution in [1.29, 1.82) is 0 Å². The summed E-state index contributed by atoms with van der Waals surface area (Å²) >= 11 is 0. The number of rotatable bonds is 6. The van der Waals surface area contributed by atoms with Gasteiger partial charge in [-0.25, -0.2) is 0 Å². The van der Waals surface area contributed by atoms with Crippen molar-refractivity contribution in [3.05, 3.63) is 29.6 Å². The van der Waals surface area contributed by atoms with Crippen LogP contribution < -0.4 is 10.6 Å². The van der Waals surface area contributed by atoms with Gasteiger partial charge in [-0.2, -0.15) is 0 Å². The fourth-order valence-corrected chi connectivity index (χ4v) is 1.52. The number of hydrogen-bond acceptors (Lipinski definition) is 3. The number of nitrogens with one attached hydrogen (secondary N) is 2. The summed E-state index contributed by atoms with van der Waals surface area (Å²) in [5, 5.41) is 6.45. The van der Waals surface area contributed by atoms with Crippen LogP contribution in [-0.4, -0.2) is 38.3 Å². The molecule has 1 rings (SSSR count). The number of aromatic nitrogens is 1. The van der Waals surface area contributed by atoms with E-state index in [1.165, 1.54) is 0 Å². The number of pyridine rings is 1. The SMILES string of the molecule is CN=C(NCCCOC)NCc1cccc(C)n1. The second-order valence-corrected chi connectivity index (χ2v) is 3.97. The first-order chi connectivity index (χ1) is 8.76. The van der Waals surface area contributed by atoms with Crippen molar-refractivity contribution in [2.24, 2.45) is 4.99 Å². The minimum atomic E-state index is 0.672. The van der Waals surface area contributed by atoms with Gasteiger partial charge in [-0.15, -0.1) is 0 Å². The Morgan fingerprint density at radius 1 is 1.39 bits per heavy atom. The predicted octanol–water partition coefficient (Wildman–Crippen LogP) is 1.09. The van der Waals surface area contributed by atoms with Gasteiger partial charge in [-0.3, -0.25) is 9.98 Å². The summed E-state index contributed by atoms with van der Waals surface area (Å²) < 4.78 is 4.99. The van der Waals surface area contributed by atoms with Crippen molar-refractivity contribution < 1.29 is 4.74 Å². The van der Waals surface area contributed by atoms with E-state index in [1.54, 1.807) is 14.2 Å². The quantitative estimate of drug-likeness (QED) is 0.451. The fourth-order valence-electron chi connectivity index (χ4n) is 1.52. The van der Waals surface area contributed by atoms with E-state index in [2.05, 4.69) is 20.6 Å². The van der Waals surface area contributed by atoms with Crippen LogP contribution in [0.15, 0.2) is 23.2 Å². The molecule has 0 aliphatic rings. The summed E-state index contributed by atoms with van der Waals surface area (Å²) in [4.78, 5) is 8.57. The third-order valence-corrected chi connectivity index (χ3v) is 2.42. The van der Waals surface area contributed by atoms with Crippen molar-refractivity contribution in [2.75, 3.05) is 27.3 Å². The number of nitrogens with zero attached hydrogens (tertiary/aromatic N) is 2. The lowest BCUT2D eigenvalue weighted by molar-refractivity contribution is 0.195. The zero-order chi connectivity index (χ0) is 13.2. The van der Waals surface area contributed by atoms with Gasteiger partial charge in [0.25, 0.3) is 0 Å². The molecular weight excluding hydrogens is 228 g/mol. The highest BCUT2D eigenvalue weighted by molar-refractivity contribution is 5.79. The molecule has 0 radical (unpaired) electrons. The number of aryl methyl sites for hydroxylation is 1. The maximum atomic E-state index is 4.99. The highest BCUT2D eigenvalue weighted by Crippen LogP contribution is 1.97. The first-order valence-corrected chi connectivity index (χ1v) is 6.12. The van der Waals surface area contributed by atoms with Crippen LogP contribution in [0.4, 0.5) is 0 Å². The van der Waals surface area contributed by atoms with Crippen LogP contribution in [0.3, 0.4) is 0 Å². The van der Waals surface area contributed by atoms with Crippen LogP contribution in [0.2, 0.25) is 0 Å². The van der Waals surface area contributed by atoms with Gasteiger partial charge in [0.05, 0.1) is 12.2 Å². The predicted molar refractivity (Wildman–Crippen MR) is 73.7 cm³/mol. The van der Waals surface area contributed by atoms with E-state index < -0.39 is 0 Å². The van der Waals surface area contributed by atoms with E-state index in [1.807, 2.05) is 25.1 Å². The van der Waals surface area contributed by atoms with Crippen LogP contribution in [-0.2, 0) is 11.3 Å². The molecule has 0 fully saturated rings. The molecule has 0 spiro atoms. The summed E-state index contributed by atoms with van der Waals surface area (Å²) in [7, 11) is 3.46. The third-order valence-electron chi connectivity index (χ3n) is 2.42. The van der Waals surface area contributed by atoms with Crippen LogP contribution in [0.1, 0.15) is 17.8 Å². The summed E-state index contributed by atoms with van der Waals surface area (Å²) in [6.45, 7) is 4.26. The Kier molecular flexibility index (Phi) is 6.79. The topological polar surface area (TPSA) is 58.5 Å². The zero-order valence-corrected chi connectivity index (χ0v) is 11.4. The van der Waals surface area contributed by atoms with Crippen LogP contribution >= 0.6 is 0 Å². The molecule has 5 nitrogen and oxygen atoms in total. The van der Waals surface area contributed by atoms with Crippen molar-refractivity contribution in [3.8, 4) is 0 Å². The molecule has 0 saturated carbocycles. The van der Waals surface area contributed by atoms with Gasteiger partial charge in [0.15, 0.2) is 5.96 Å². The normalized spacial score (nSPS) is 11.4. The minimum Gasteiger partial charge on any atom is -0.385 e. The molecule has 1 heterocycles. The second-order valence-electron chi connectivity index (χ2n) is 3.97. The van der Waals surface area contributed by atoms with Crippen molar-refractivity contribution in [3.63, 3.8) is 0 Å². The Morgan fingerprint density at radius 2 is 2.22 bits per heavy atom. The average Bonchev–Trinajstić information content (AvgIpc) is 2.38. The third kappa shape index (κ3) is 5.63. The van der Waals surface area contributed by atoms with Gasteiger partial charge in [-0.05, 0) is 25.5 Å². The molecule has 1 aromatic rings. The lowest BCUT2D eigenvalue weighted by Gasteiger charge is -2.11. The van der Waals surface area contributed by atoms with Gasteiger partial charge in [0.2, 0.25) is 0 Å². The maximum Gasteiger partial charge on any atom is 0.191 e. The zero-order valence-electron chi connectivity index (χ0n) is 11.4. The Bertz CT molecular complexity index is 379. The molecule has 0 aliphatic carbocycles. The summed E-state index contributed by atoms with van der Waals surface area (Å²) in [6.07, 6.45) is 0.958. The van der Waals surface area contributed by atoms with E-state index in [0.29, 0.717) is 6.54 Å². The largest absolute Gasteiger partial charge is 0.385 e. The highest BCUT2D eigenvalue weighted by atomic mass is 16.5. The molecule has 0 atom stereocenters. The standard InChI is InChI=1S/C13H22N4O/c1-11-6-4-7-12(17-11)10-16-13(14-2)15-8-5-9-18-3/h4,6-7H,5,8-10H2,1-3H3,(H2,14,15,16). The van der Waals surface area contributed by atoms with E-state index in [9.17, 15) is 0 Å². The number of methoxy groups -OCH3 is 1. The molecule has 18 heavy (non-hydrogen) atoms. The molecule has 5 heteroatoms. The number of aliphatic imine (C=N–C) groups is 1. The van der Waals surface area contributed by atoms with E-state index >= 15 is 0 Å². The number of guanidine groups is 1. The highest BCUT2D eigenvalue weighted by Gasteiger charge is 1.98. The van der Waals surface area contributed by atoms with Gasteiger partial charge in [0, 0.05) is 33.0 Å². The van der Waals surface area contributed by atoms with Gasteiger partial charge >= 0.3 is 0 Å². The Morgan fingerprint density at radius 3 is 2.89 bits per heavy atom. The molecule has 0 aliphatic heterocycles. The Balaban J connectivity index is 2.31. The Labute approximate surface area is 109 Å². The van der Waals surface area contributed by atoms with Crippen molar-refractivity contribution in [1.82, 2.24) is 15.6 Å². The summed E-state index contributed by atoms with van der Waals surface area (Å²) in [5.74, 6) is 0.786. The first kappa shape index (κ1) is 14.4. The van der Waals surface area contributed by atoms with Crippen LogP contribution in [0.5, 0.6) is 0 Å². The van der Waals surface area contributed by atoms with Gasteiger partial charge in [0.1, 0.15) is 0 Å². The molecule has 0 unspecified atom stereocenters. The summed E-state index contributed by atoms with van der Waals surface area (Å²) in [5.41, 5.74) is 2.03. The molecule has 2 N–H and O–H groups in total. The van der Waals surface area contributed by atoms with Crippen molar-refractivity contribution in [2.45, 2.75) is 19.9 Å².